The first-order valence-corrected chi connectivity index (χ1v) is 6.89. The van der Waals surface area contributed by atoms with Gasteiger partial charge in [0.15, 0.2) is 0 Å². The third-order valence-corrected chi connectivity index (χ3v) is 3.71. The van der Waals surface area contributed by atoms with Gasteiger partial charge >= 0.3 is 0 Å². The summed E-state index contributed by atoms with van der Waals surface area (Å²) in [4.78, 5) is 14.2. The van der Waals surface area contributed by atoms with Crippen LogP contribution in [0, 0.1) is 6.92 Å². The number of nitrogens with zero attached hydrogens (tertiary/aromatic N) is 1. The molecule has 0 aliphatic carbocycles. The Labute approximate surface area is 115 Å². The molecule has 104 valence electrons. The Kier molecular flexibility index (Phi) is 3.95. The van der Waals surface area contributed by atoms with Crippen LogP contribution in [0.15, 0.2) is 24.3 Å². The van der Waals surface area contributed by atoms with Gasteiger partial charge in [-0.3, -0.25) is 4.79 Å². The molecule has 0 N–H and O–H groups in total. The molecule has 0 spiro atoms. The maximum absolute atomic E-state index is 12.4. The molecule has 0 saturated carbocycles. The lowest BCUT2D eigenvalue weighted by Crippen LogP contribution is -2.47. The van der Waals surface area contributed by atoms with Gasteiger partial charge in [0.2, 0.25) is 5.91 Å². The van der Waals surface area contributed by atoms with Gasteiger partial charge in [-0.05, 0) is 39.7 Å². The average molecular weight is 261 g/mol. The van der Waals surface area contributed by atoms with Gasteiger partial charge in [-0.2, -0.15) is 0 Å². The highest BCUT2D eigenvalue weighted by Crippen LogP contribution is 2.27. The Morgan fingerprint density at radius 3 is 2.53 bits per heavy atom. The molecular formula is C16H23NO2. The van der Waals surface area contributed by atoms with E-state index in [9.17, 15) is 4.79 Å². The second-order valence-corrected chi connectivity index (χ2v) is 5.97. The lowest BCUT2D eigenvalue weighted by Gasteiger charge is -2.32. The third-order valence-electron chi connectivity index (χ3n) is 3.71. The van der Waals surface area contributed by atoms with E-state index in [0.29, 0.717) is 13.0 Å². The van der Waals surface area contributed by atoms with Crippen molar-refractivity contribution in [2.24, 2.45) is 0 Å². The van der Waals surface area contributed by atoms with E-state index >= 15 is 0 Å². The van der Waals surface area contributed by atoms with Crippen molar-refractivity contribution >= 4 is 5.91 Å². The molecule has 1 fully saturated rings. The minimum Gasteiger partial charge on any atom is -0.356 e. The lowest BCUT2D eigenvalue weighted by atomic mass is 10.0. The summed E-state index contributed by atoms with van der Waals surface area (Å²) in [5.41, 5.74) is 2.27. The Bertz CT molecular complexity index is 450. The highest BCUT2D eigenvalue weighted by atomic mass is 16.5. The maximum Gasteiger partial charge on any atom is 0.225 e. The summed E-state index contributed by atoms with van der Waals surface area (Å²) in [7, 11) is 0. The van der Waals surface area contributed by atoms with Crippen LogP contribution >= 0.6 is 0 Å². The SMILES string of the molecule is Cc1ccc(CCC(=O)N2C(C)OCC2(C)C)cc1. The quantitative estimate of drug-likeness (QED) is 0.837. The van der Waals surface area contributed by atoms with Crippen molar-refractivity contribution in [1.82, 2.24) is 4.90 Å². The molecule has 2 rings (SSSR count). The molecule has 0 bridgehead atoms. The fraction of sp³-hybridized carbons (Fsp3) is 0.562. The zero-order valence-corrected chi connectivity index (χ0v) is 12.3. The summed E-state index contributed by atoms with van der Waals surface area (Å²) in [6, 6.07) is 8.37. The van der Waals surface area contributed by atoms with Crippen LogP contribution in [0.25, 0.3) is 0 Å². The average Bonchev–Trinajstić information content (AvgIpc) is 2.62. The standard InChI is InChI=1S/C16H23NO2/c1-12-5-7-14(8-6-12)9-10-15(18)17-13(2)19-11-16(17,3)4/h5-8,13H,9-11H2,1-4H3. The molecule has 1 saturated heterocycles. The van der Waals surface area contributed by atoms with Gasteiger partial charge in [-0.25, -0.2) is 0 Å². The molecule has 0 radical (unpaired) electrons. The number of aryl methyl sites for hydroxylation is 2. The monoisotopic (exact) mass is 261 g/mol. The second kappa shape index (κ2) is 5.33. The zero-order chi connectivity index (χ0) is 14.0. The van der Waals surface area contributed by atoms with Crippen LogP contribution in [0.5, 0.6) is 0 Å². The zero-order valence-electron chi connectivity index (χ0n) is 12.3. The predicted octanol–water partition coefficient (Wildman–Crippen LogP) is 2.91. The number of carbonyl (C=O) groups excluding carboxylic acids is 1. The summed E-state index contributed by atoms with van der Waals surface area (Å²) >= 11 is 0. The van der Waals surface area contributed by atoms with Crippen LogP contribution in [-0.4, -0.2) is 29.2 Å². The van der Waals surface area contributed by atoms with E-state index in [2.05, 4.69) is 45.0 Å². The minimum atomic E-state index is -0.191. The van der Waals surface area contributed by atoms with Gasteiger partial charge in [-0.1, -0.05) is 29.8 Å². The van der Waals surface area contributed by atoms with Crippen molar-refractivity contribution in [3.8, 4) is 0 Å². The fourth-order valence-electron chi connectivity index (χ4n) is 2.63. The number of hydrogen-bond donors (Lipinski definition) is 0. The van der Waals surface area contributed by atoms with E-state index in [-0.39, 0.29) is 17.7 Å². The molecule has 1 aromatic carbocycles. The second-order valence-electron chi connectivity index (χ2n) is 5.97. The smallest absolute Gasteiger partial charge is 0.225 e. The predicted molar refractivity (Wildman–Crippen MR) is 75.8 cm³/mol. The van der Waals surface area contributed by atoms with Crippen LogP contribution in [0.2, 0.25) is 0 Å². The van der Waals surface area contributed by atoms with Gasteiger partial charge < -0.3 is 9.64 Å². The molecule has 1 aromatic rings. The highest BCUT2D eigenvalue weighted by Gasteiger charge is 2.40. The van der Waals surface area contributed by atoms with E-state index < -0.39 is 0 Å². The van der Waals surface area contributed by atoms with Gasteiger partial charge in [0, 0.05) is 6.42 Å². The Balaban J connectivity index is 1.96. The van der Waals surface area contributed by atoms with Crippen LogP contribution in [-0.2, 0) is 16.0 Å². The lowest BCUT2D eigenvalue weighted by molar-refractivity contribution is -0.139. The first-order valence-electron chi connectivity index (χ1n) is 6.89. The number of benzene rings is 1. The van der Waals surface area contributed by atoms with Crippen molar-refractivity contribution in [2.45, 2.75) is 52.3 Å². The summed E-state index contributed by atoms with van der Waals surface area (Å²) in [5, 5.41) is 0. The van der Waals surface area contributed by atoms with E-state index in [0.717, 1.165) is 6.42 Å². The molecular weight excluding hydrogens is 238 g/mol. The summed E-state index contributed by atoms with van der Waals surface area (Å²) in [5.74, 6) is 0.176. The molecule has 1 aliphatic heterocycles. The molecule has 1 unspecified atom stereocenters. The van der Waals surface area contributed by atoms with Crippen LogP contribution in [0.4, 0.5) is 0 Å². The summed E-state index contributed by atoms with van der Waals surface area (Å²) < 4.78 is 5.57. The molecule has 1 aliphatic rings. The molecule has 0 aromatic heterocycles. The largest absolute Gasteiger partial charge is 0.356 e. The number of ether oxygens (including phenoxy) is 1. The highest BCUT2D eigenvalue weighted by molar-refractivity contribution is 5.77. The van der Waals surface area contributed by atoms with Gasteiger partial charge in [0.25, 0.3) is 0 Å². The molecule has 19 heavy (non-hydrogen) atoms. The van der Waals surface area contributed by atoms with E-state index in [1.165, 1.54) is 11.1 Å². The topological polar surface area (TPSA) is 29.5 Å². The number of amides is 1. The maximum atomic E-state index is 12.4. The van der Waals surface area contributed by atoms with Crippen molar-refractivity contribution in [1.29, 1.82) is 0 Å². The number of rotatable bonds is 3. The van der Waals surface area contributed by atoms with Crippen LogP contribution in [0.1, 0.15) is 38.3 Å². The summed E-state index contributed by atoms with van der Waals surface area (Å²) in [6.07, 6.45) is 1.22. The molecule has 3 nitrogen and oxygen atoms in total. The summed E-state index contributed by atoms with van der Waals surface area (Å²) in [6.45, 7) is 8.74. The van der Waals surface area contributed by atoms with Gasteiger partial charge in [-0.15, -0.1) is 0 Å². The van der Waals surface area contributed by atoms with Gasteiger partial charge in [0.1, 0.15) is 6.23 Å². The Morgan fingerprint density at radius 2 is 2.00 bits per heavy atom. The molecule has 1 amide bonds. The van der Waals surface area contributed by atoms with E-state index in [4.69, 9.17) is 4.74 Å². The molecule has 1 atom stereocenters. The van der Waals surface area contributed by atoms with Crippen LogP contribution < -0.4 is 0 Å². The molecule has 3 heteroatoms. The first kappa shape index (κ1) is 14.1. The van der Waals surface area contributed by atoms with E-state index in [1.807, 2.05) is 11.8 Å². The molecule has 1 heterocycles. The van der Waals surface area contributed by atoms with Crippen molar-refractivity contribution in [3.05, 3.63) is 35.4 Å². The first-order chi connectivity index (χ1) is 8.90. The van der Waals surface area contributed by atoms with E-state index in [1.54, 1.807) is 0 Å². The van der Waals surface area contributed by atoms with Gasteiger partial charge in [0.05, 0.1) is 12.1 Å². The fourth-order valence-corrected chi connectivity index (χ4v) is 2.63. The minimum absolute atomic E-state index is 0.111. The van der Waals surface area contributed by atoms with Crippen molar-refractivity contribution in [2.75, 3.05) is 6.61 Å². The Morgan fingerprint density at radius 1 is 1.37 bits per heavy atom. The number of hydrogen-bond acceptors (Lipinski definition) is 2. The Hall–Kier alpha value is -1.35. The van der Waals surface area contributed by atoms with Crippen molar-refractivity contribution < 1.29 is 9.53 Å². The number of carbonyl (C=O) groups is 1. The third kappa shape index (κ3) is 3.16. The van der Waals surface area contributed by atoms with Crippen LogP contribution in [0.3, 0.4) is 0 Å². The van der Waals surface area contributed by atoms with Crippen molar-refractivity contribution in [3.63, 3.8) is 0 Å². The normalized spacial score (nSPS) is 21.7.